The zero-order valence-electron chi connectivity index (χ0n) is 13.4. The maximum absolute atomic E-state index is 10.5. The van der Waals surface area contributed by atoms with E-state index >= 15 is 0 Å². The lowest BCUT2D eigenvalue weighted by molar-refractivity contribution is 0.0569. The summed E-state index contributed by atoms with van der Waals surface area (Å²) in [6.45, 7) is 2.48. The average molecular weight is 313 g/mol. The van der Waals surface area contributed by atoms with Gasteiger partial charge in [0.05, 0.1) is 19.5 Å². The number of aliphatic hydroxyl groups excluding tert-OH is 1. The summed E-state index contributed by atoms with van der Waals surface area (Å²) in [5.41, 5.74) is 1.16. The number of furan rings is 1. The number of rotatable bonds is 5. The Bertz CT molecular complexity index is 636. The predicted molar refractivity (Wildman–Crippen MR) is 90.5 cm³/mol. The van der Waals surface area contributed by atoms with Crippen molar-refractivity contribution in [1.29, 1.82) is 0 Å². The molecule has 1 saturated heterocycles. The van der Waals surface area contributed by atoms with Crippen LogP contribution < -0.4 is 4.74 Å². The topological polar surface area (TPSA) is 45.8 Å². The summed E-state index contributed by atoms with van der Waals surface area (Å²) >= 11 is 0. The minimum absolute atomic E-state index is 0.176. The van der Waals surface area contributed by atoms with Crippen LogP contribution in [-0.2, 0) is 0 Å². The molecular weight excluding hydrogens is 290 g/mol. The fourth-order valence-electron chi connectivity index (χ4n) is 3.13. The minimum Gasteiger partial charge on any atom is -0.497 e. The Morgan fingerprint density at radius 1 is 1.35 bits per heavy atom. The zero-order valence-corrected chi connectivity index (χ0v) is 13.4. The van der Waals surface area contributed by atoms with Crippen molar-refractivity contribution in [3.05, 3.63) is 60.1 Å². The van der Waals surface area contributed by atoms with Crippen molar-refractivity contribution in [2.24, 2.45) is 0 Å². The Balaban J connectivity index is 1.56. The van der Waals surface area contributed by atoms with E-state index in [-0.39, 0.29) is 12.0 Å². The van der Waals surface area contributed by atoms with Crippen LogP contribution in [0.15, 0.2) is 53.2 Å². The van der Waals surface area contributed by atoms with Crippen LogP contribution in [0.2, 0.25) is 0 Å². The number of nitrogens with zero attached hydrogens (tertiary/aromatic N) is 1. The third-order valence-electron chi connectivity index (χ3n) is 4.38. The summed E-state index contributed by atoms with van der Waals surface area (Å²) in [7, 11) is 1.67. The van der Waals surface area contributed by atoms with E-state index in [1.807, 2.05) is 36.4 Å². The molecule has 23 heavy (non-hydrogen) atoms. The normalized spacial score (nSPS) is 22.5. The highest BCUT2D eigenvalue weighted by Crippen LogP contribution is 2.30. The molecule has 4 heteroatoms. The first-order valence-corrected chi connectivity index (χ1v) is 8.00. The molecule has 1 aliphatic rings. The van der Waals surface area contributed by atoms with E-state index in [0.29, 0.717) is 6.54 Å². The monoisotopic (exact) mass is 313 g/mol. The maximum atomic E-state index is 10.5. The van der Waals surface area contributed by atoms with Crippen molar-refractivity contribution in [3.63, 3.8) is 0 Å². The summed E-state index contributed by atoms with van der Waals surface area (Å²) in [5, 5.41) is 10.5. The number of piperidine rings is 1. The Hall–Kier alpha value is -2.04. The molecule has 0 radical (unpaired) electrons. The lowest BCUT2D eigenvalue weighted by atomic mass is 9.87. The van der Waals surface area contributed by atoms with Gasteiger partial charge in [0.25, 0.3) is 0 Å². The van der Waals surface area contributed by atoms with Crippen molar-refractivity contribution >= 4 is 6.08 Å². The molecule has 3 rings (SSSR count). The van der Waals surface area contributed by atoms with Crippen LogP contribution in [-0.4, -0.2) is 42.9 Å². The Labute approximate surface area is 137 Å². The van der Waals surface area contributed by atoms with E-state index in [2.05, 4.69) is 17.0 Å². The summed E-state index contributed by atoms with van der Waals surface area (Å²) < 4.78 is 10.6. The highest BCUT2D eigenvalue weighted by molar-refractivity contribution is 5.42. The van der Waals surface area contributed by atoms with Crippen molar-refractivity contribution in [3.8, 4) is 5.75 Å². The molecule has 1 aromatic heterocycles. The number of hydrogen-bond acceptors (Lipinski definition) is 4. The highest BCUT2D eigenvalue weighted by atomic mass is 16.5. The molecule has 1 fully saturated rings. The average Bonchev–Trinajstić information content (AvgIpc) is 3.08. The Morgan fingerprint density at radius 3 is 3.00 bits per heavy atom. The first kappa shape index (κ1) is 15.8. The summed E-state index contributed by atoms with van der Waals surface area (Å²) in [4.78, 5) is 2.26. The number of hydrogen-bond donors (Lipinski definition) is 1. The summed E-state index contributed by atoms with van der Waals surface area (Å²) in [6, 6.07) is 11.8. The molecule has 0 aliphatic carbocycles. The predicted octanol–water partition coefficient (Wildman–Crippen LogP) is 3.15. The second-order valence-electron chi connectivity index (χ2n) is 5.92. The smallest absolute Gasteiger partial charge is 0.126 e. The van der Waals surface area contributed by atoms with E-state index in [1.54, 1.807) is 13.4 Å². The highest BCUT2D eigenvalue weighted by Gasteiger charge is 2.28. The van der Waals surface area contributed by atoms with Crippen LogP contribution in [0.5, 0.6) is 5.75 Å². The molecule has 0 spiro atoms. The molecular formula is C19H23NO3. The van der Waals surface area contributed by atoms with Gasteiger partial charge < -0.3 is 14.3 Å². The van der Waals surface area contributed by atoms with Crippen LogP contribution in [0.1, 0.15) is 23.7 Å². The number of ether oxygens (including phenoxy) is 1. The molecule has 0 bridgehead atoms. The zero-order chi connectivity index (χ0) is 16.1. The fourth-order valence-corrected chi connectivity index (χ4v) is 3.13. The van der Waals surface area contributed by atoms with Crippen LogP contribution in [0, 0.1) is 0 Å². The van der Waals surface area contributed by atoms with Gasteiger partial charge in [-0.3, -0.25) is 4.90 Å². The largest absolute Gasteiger partial charge is 0.497 e. The van der Waals surface area contributed by atoms with Crippen molar-refractivity contribution in [1.82, 2.24) is 4.90 Å². The molecule has 2 aromatic rings. The van der Waals surface area contributed by atoms with E-state index in [9.17, 15) is 5.11 Å². The summed E-state index contributed by atoms with van der Waals surface area (Å²) in [5.74, 6) is 1.88. The third-order valence-corrected chi connectivity index (χ3v) is 4.38. The van der Waals surface area contributed by atoms with Gasteiger partial charge in [-0.1, -0.05) is 18.2 Å². The molecule has 0 amide bonds. The Kier molecular flexibility index (Phi) is 5.16. The number of likely N-dealkylation sites (tertiary alicyclic amines) is 1. The van der Waals surface area contributed by atoms with Crippen molar-refractivity contribution < 1.29 is 14.3 Å². The van der Waals surface area contributed by atoms with Crippen molar-refractivity contribution in [2.75, 3.05) is 26.7 Å². The molecule has 4 nitrogen and oxygen atoms in total. The first-order chi connectivity index (χ1) is 11.3. The van der Waals surface area contributed by atoms with Gasteiger partial charge in [-0.05, 0) is 48.9 Å². The molecule has 1 aromatic carbocycles. The van der Waals surface area contributed by atoms with E-state index in [1.165, 1.54) is 0 Å². The van der Waals surface area contributed by atoms with Gasteiger partial charge in [-0.2, -0.15) is 0 Å². The van der Waals surface area contributed by atoms with E-state index in [0.717, 1.165) is 36.6 Å². The fraction of sp³-hybridized carbons (Fsp3) is 0.368. The number of β-amino-alcohol motifs (C(OH)–C–C–N with tert-alkyl or cyclic N) is 1. The minimum atomic E-state index is -0.354. The second kappa shape index (κ2) is 7.49. The number of methoxy groups -OCH3 is 1. The first-order valence-electron chi connectivity index (χ1n) is 8.00. The molecule has 1 aliphatic heterocycles. The van der Waals surface area contributed by atoms with Gasteiger partial charge in [0.15, 0.2) is 0 Å². The number of aliphatic hydroxyl groups is 1. The van der Waals surface area contributed by atoms with Crippen LogP contribution in [0.4, 0.5) is 0 Å². The number of benzene rings is 1. The van der Waals surface area contributed by atoms with Gasteiger partial charge in [-0.15, -0.1) is 0 Å². The molecule has 122 valence electrons. The van der Waals surface area contributed by atoms with Gasteiger partial charge in [0.2, 0.25) is 0 Å². The van der Waals surface area contributed by atoms with Gasteiger partial charge in [0, 0.05) is 19.0 Å². The molecule has 0 saturated carbocycles. The quantitative estimate of drug-likeness (QED) is 0.921. The third kappa shape index (κ3) is 4.03. The summed E-state index contributed by atoms with van der Waals surface area (Å²) in [6.07, 6.45) is 6.32. The van der Waals surface area contributed by atoms with Crippen LogP contribution in [0.3, 0.4) is 0 Å². The molecule has 0 unspecified atom stereocenters. The lowest BCUT2D eigenvalue weighted by Crippen LogP contribution is -2.42. The van der Waals surface area contributed by atoms with E-state index < -0.39 is 0 Å². The van der Waals surface area contributed by atoms with Crippen LogP contribution >= 0.6 is 0 Å². The van der Waals surface area contributed by atoms with Crippen LogP contribution in [0.25, 0.3) is 6.08 Å². The Morgan fingerprint density at radius 2 is 2.26 bits per heavy atom. The molecule has 2 atom stereocenters. The second-order valence-corrected chi connectivity index (χ2v) is 5.92. The van der Waals surface area contributed by atoms with Crippen molar-refractivity contribution in [2.45, 2.75) is 18.4 Å². The van der Waals surface area contributed by atoms with Gasteiger partial charge in [0.1, 0.15) is 11.5 Å². The van der Waals surface area contributed by atoms with Gasteiger partial charge in [-0.25, -0.2) is 0 Å². The molecule has 2 heterocycles. The standard InChI is InChI=1S/C19H23NO3/c1-22-17-6-2-5-15(13-17)18-9-11-20(14-19(18)21)10-3-7-16-8-4-12-23-16/h2-8,12-13,18-19,21H,9-11,14H2,1H3/b7-3+/t18-,19+/m0/s1. The van der Waals surface area contributed by atoms with E-state index in [4.69, 9.17) is 9.15 Å². The molecule has 1 N–H and O–H groups in total. The lowest BCUT2D eigenvalue weighted by Gasteiger charge is -2.35. The maximum Gasteiger partial charge on any atom is 0.126 e. The SMILES string of the molecule is COc1cccc([C@@H]2CCN(C/C=C/c3ccco3)C[C@H]2O)c1. The van der Waals surface area contributed by atoms with Gasteiger partial charge >= 0.3 is 0 Å².